The number of nitro groups is 1. The Morgan fingerprint density at radius 2 is 2.19 bits per heavy atom. The van der Waals surface area contributed by atoms with Crippen molar-refractivity contribution in [3.63, 3.8) is 0 Å². The summed E-state index contributed by atoms with van der Waals surface area (Å²) in [6.07, 6.45) is 0. The highest BCUT2D eigenvalue weighted by atomic mass is 16.6. The van der Waals surface area contributed by atoms with Crippen molar-refractivity contribution < 1.29 is 14.5 Å². The van der Waals surface area contributed by atoms with Crippen molar-refractivity contribution in [2.24, 2.45) is 0 Å². The van der Waals surface area contributed by atoms with Gasteiger partial charge in [-0.3, -0.25) is 14.9 Å². The highest BCUT2D eigenvalue weighted by Crippen LogP contribution is 2.21. The fourth-order valence-electron chi connectivity index (χ4n) is 1.68. The molecule has 0 atom stereocenters. The Kier molecular flexibility index (Phi) is 6.57. The summed E-state index contributed by atoms with van der Waals surface area (Å²) in [5, 5.41) is 13.4. The lowest BCUT2D eigenvalue weighted by Crippen LogP contribution is -2.34. The third-order valence-corrected chi connectivity index (χ3v) is 2.94. The molecule has 1 amide bonds. The van der Waals surface area contributed by atoms with E-state index in [0.717, 1.165) is 6.54 Å². The van der Waals surface area contributed by atoms with Gasteiger partial charge < -0.3 is 20.7 Å². The Morgan fingerprint density at radius 3 is 2.76 bits per heavy atom. The van der Waals surface area contributed by atoms with E-state index in [4.69, 9.17) is 10.5 Å². The lowest BCUT2D eigenvalue weighted by molar-refractivity contribution is -0.383. The number of amides is 1. The molecule has 1 rings (SSSR count). The highest BCUT2D eigenvalue weighted by molar-refractivity contribution is 5.95. The molecule has 0 unspecified atom stereocenters. The summed E-state index contributed by atoms with van der Waals surface area (Å²) in [6.45, 7) is 2.55. The first-order chi connectivity index (χ1) is 9.95. The largest absolute Gasteiger partial charge is 0.393 e. The smallest absolute Gasteiger partial charge is 0.292 e. The monoisotopic (exact) mass is 296 g/mol. The average molecular weight is 296 g/mol. The van der Waals surface area contributed by atoms with E-state index in [9.17, 15) is 14.9 Å². The molecule has 8 nitrogen and oxygen atoms in total. The summed E-state index contributed by atoms with van der Waals surface area (Å²) in [5.74, 6) is -0.309. The van der Waals surface area contributed by atoms with E-state index < -0.39 is 4.92 Å². The molecule has 21 heavy (non-hydrogen) atoms. The third kappa shape index (κ3) is 5.36. The maximum absolute atomic E-state index is 11.9. The van der Waals surface area contributed by atoms with Crippen LogP contribution in [0.1, 0.15) is 10.4 Å². The van der Waals surface area contributed by atoms with Crippen LogP contribution in [0.3, 0.4) is 0 Å². The van der Waals surface area contributed by atoms with Gasteiger partial charge in [0.05, 0.1) is 11.5 Å². The van der Waals surface area contributed by atoms with Gasteiger partial charge >= 0.3 is 0 Å². The Morgan fingerprint density at radius 1 is 1.48 bits per heavy atom. The van der Waals surface area contributed by atoms with E-state index in [2.05, 4.69) is 5.32 Å². The van der Waals surface area contributed by atoms with Gasteiger partial charge in [-0.15, -0.1) is 0 Å². The summed E-state index contributed by atoms with van der Waals surface area (Å²) in [6, 6.07) is 3.93. The number of nitrogens with two attached hydrogens (primary N) is 1. The summed E-state index contributed by atoms with van der Waals surface area (Å²) in [7, 11) is 3.56. The number of nitrogens with zero attached hydrogens (tertiary/aromatic N) is 2. The number of hydrogen-bond acceptors (Lipinski definition) is 6. The van der Waals surface area contributed by atoms with Gasteiger partial charge in [0.25, 0.3) is 11.6 Å². The van der Waals surface area contributed by atoms with Crippen molar-refractivity contribution in [2.45, 2.75) is 0 Å². The van der Waals surface area contributed by atoms with Crippen LogP contribution >= 0.6 is 0 Å². The normalized spacial score (nSPS) is 10.6. The first-order valence-electron chi connectivity index (χ1n) is 6.45. The Balaban J connectivity index is 2.49. The van der Waals surface area contributed by atoms with E-state index >= 15 is 0 Å². The molecule has 0 spiro atoms. The first-order valence-corrected chi connectivity index (χ1v) is 6.45. The summed E-state index contributed by atoms with van der Waals surface area (Å²) in [5.41, 5.74) is 5.63. The minimum absolute atomic E-state index is 0.0233. The molecular formula is C13H20N4O4. The maximum Gasteiger partial charge on any atom is 0.292 e. The number of nitro benzene ring substituents is 1. The van der Waals surface area contributed by atoms with Crippen LogP contribution in [-0.4, -0.2) is 56.1 Å². The van der Waals surface area contributed by atoms with Crippen LogP contribution in [0.5, 0.6) is 0 Å². The second-order valence-electron chi connectivity index (χ2n) is 4.58. The number of benzene rings is 1. The fourth-order valence-corrected chi connectivity index (χ4v) is 1.68. The molecule has 0 saturated heterocycles. The zero-order valence-corrected chi connectivity index (χ0v) is 12.2. The topological polar surface area (TPSA) is 111 Å². The molecule has 3 N–H and O–H groups in total. The van der Waals surface area contributed by atoms with Gasteiger partial charge in [-0.05, 0) is 19.2 Å². The van der Waals surface area contributed by atoms with Crippen LogP contribution in [0.15, 0.2) is 18.2 Å². The van der Waals surface area contributed by atoms with Crippen molar-refractivity contribution in [3.8, 4) is 0 Å². The van der Waals surface area contributed by atoms with Gasteiger partial charge in [0.2, 0.25) is 0 Å². The quantitative estimate of drug-likeness (QED) is 0.410. The van der Waals surface area contributed by atoms with Gasteiger partial charge in [0.1, 0.15) is 5.69 Å². The zero-order chi connectivity index (χ0) is 15.8. The number of ether oxygens (including phenoxy) is 1. The lowest BCUT2D eigenvalue weighted by Gasteiger charge is -2.16. The highest BCUT2D eigenvalue weighted by Gasteiger charge is 2.14. The molecule has 8 heteroatoms. The van der Waals surface area contributed by atoms with Crippen molar-refractivity contribution >= 4 is 17.3 Å². The first kappa shape index (κ1) is 16.9. The van der Waals surface area contributed by atoms with Gasteiger partial charge in [-0.2, -0.15) is 0 Å². The predicted molar refractivity (Wildman–Crippen MR) is 79.2 cm³/mol. The molecule has 0 aliphatic heterocycles. The molecule has 0 aliphatic rings. The summed E-state index contributed by atoms with van der Waals surface area (Å²) >= 11 is 0. The lowest BCUT2D eigenvalue weighted by atomic mass is 10.1. The van der Waals surface area contributed by atoms with E-state index in [0.29, 0.717) is 25.3 Å². The molecule has 0 heterocycles. The summed E-state index contributed by atoms with van der Waals surface area (Å²) < 4.78 is 4.95. The van der Waals surface area contributed by atoms with Crippen LogP contribution < -0.4 is 11.1 Å². The molecular weight excluding hydrogens is 276 g/mol. The van der Waals surface area contributed by atoms with Crippen LogP contribution in [0.4, 0.5) is 11.4 Å². The maximum atomic E-state index is 11.9. The zero-order valence-electron chi connectivity index (χ0n) is 12.2. The summed E-state index contributed by atoms with van der Waals surface area (Å²) in [4.78, 5) is 24.0. The van der Waals surface area contributed by atoms with E-state index in [-0.39, 0.29) is 17.3 Å². The van der Waals surface area contributed by atoms with E-state index in [1.807, 2.05) is 11.9 Å². The molecule has 0 saturated carbocycles. The molecule has 1 aromatic carbocycles. The van der Waals surface area contributed by atoms with Crippen LogP contribution in [0.25, 0.3) is 0 Å². The van der Waals surface area contributed by atoms with Crippen molar-refractivity contribution in [1.82, 2.24) is 10.2 Å². The number of anilines is 1. The van der Waals surface area contributed by atoms with Crippen LogP contribution in [0, 0.1) is 10.1 Å². The van der Waals surface area contributed by atoms with Gasteiger partial charge in [-0.25, -0.2) is 0 Å². The molecule has 0 aliphatic carbocycles. The number of carbonyl (C=O) groups excluding carboxylic acids is 1. The molecule has 1 aromatic rings. The minimum atomic E-state index is -0.582. The third-order valence-electron chi connectivity index (χ3n) is 2.94. The number of nitrogen functional groups attached to an aromatic ring is 1. The number of nitrogens with one attached hydrogen (secondary N) is 1. The molecule has 0 radical (unpaired) electrons. The Bertz CT molecular complexity index is 507. The molecule has 116 valence electrons. The van der Waals surface area contributed by atoms with Crippen LogP contribution in [-0.2, 0) is 4.74 Å². The van der Waals surface area contributed by atoms with E-state index in [1.165, 1.54) is 18.2 Å². The Hall–Kier alpha value is -2.19. The Labute approximate surface area is 123 Å². The number of likely N-dealkylation sites (N-methyl/N-ethyl adjacent to an activating group) is 1. The van der Waals surface area contributed by atoms with Gasteiger partial charge in [-0.1, -0.05) is 0 Å². The number of methoxy groups -OCH3 is 1. The van der Waals surface area contributed by atoms with E-state index in [1.54, 1.807) is 7.11 Å². The SMILES string of the molecule is COCCN(C)CCNC(=O)c1ccc([N+](=O)[O-])c(N)c1. The van der Waals surface area contributed by atoms with Gasteiger partial charge in [0, 0.05) is 38.4 Å². The number of carbonyl (C=O) groups is 1. The predicted octanol–water partition coefficient (Wildman–Crippen LogP) is 0.485. The van der Waals surface area contributed by atoms with Crippen molar-refractivity contribution in [1.29, 1.82) is 0 Å². The molecule has 0 fully saturated rings. The van der Waals surface area contributed by atoms with Crippen molar-refractivity contribution in [3.05, 3.63) is 33.9 Å². The average Bonchev–Trinajstić information content (AvgIpc) is 2.44. The number of rotatable bonds is 8. The van der Waals surface area contributed by atoms with Gasteiger partial charge in [0.15, 0.2) is 0 Å². The van der Waals surface area contributed by atoms with Crippen molar-refractivity contribution in [2.75, 3.05) is 46.1 Å². The molecule has 0 aromatic heterocycles. The van der Waals surface area contributed by atoms with Crippen LogP contribution in [0.2, 0.25) is 0 Å². The standard InChI is InChI=1S/C13H20N4O4/c1-16(7-8-21-2)6-5-15-13(18)10-3-4-12(17(19)20)11(14)9-10/h3-4,9H,5-8,14H2,1-2H3,(H,15,18). The second kappa shape index (κ2) is 8.18. The molecule has 0 bridgehead atoms. The minimum Gasteiger partial charge on any atom is -0.393 e. The second-order valence-corrected chi connectivity index (χ2v) is 4.58. The number of hydrogen-bond donors (Lipinski definition) is 2. The fraction of sp³-hybridized carbons (Fsp3) is 0.462.